The van der Waals surface area contributed by atoms with Gasteiger partial charge in [-0.05, 0) is 75.6 Å². The molecule has 2 fully saturated rings. The molecule has 0 N–H and O–H groups in total. The molecule has 1 aliphatic heterocycles. The number of rotatable bonds is 5. The molecular weight excluding hydrogens is 595 g/mol. The highest BCUT2D eigenvalue weighted by molar-refractivity contribution is 6.87. The minimum atomic E-state index is -0.302. The highest BCUT2D eigenvalue weighted by Crippen LogP contribution is 2.50. The van der Waals surface area contributed by atoms with Crippen molar-refractivity contribution in [2.45, 2.75) is 69.7 Å². The van der Waals surface area contributed by atoms with Gasteiger partial charge in [-0.15, -0.1) is 0 Å². The quantitative estimate of drug-likeness (QED) is 0.178. The lowest BCUT2D eigenvalue weighted by molar-refractivity contribution is -0.105. The summed E-state index contributed by atoms with van der Waals surface area (Å²) in [4.78, 5) is 0. The van der Waals surface area contributed by atoms with Crippen LogP contribution in [0.5, 0.6) is 0 Å². The van der Waals surface area contributed by atoms with Gasteiger partial charge in [0.1, 0.15) is 0 Å². The van der Waals surface area contributed by atoms with Crippen molar-refractivity contribution in [3.05, 3.63) is 174 Å². The summed E-state index contributed by atoms with van der Waals surface area (Å²) < 4.78 is 15.0. The summed E-state index contributed by atoms with van der Waals surface area (Å²) in [5.41, 5.74) is 11.2. The molecule has 2 nitrogen and oxygen atoms in total. The first-order chi connectivity index (χ1) is 24.3. The van der Waals surface area contributed by atoms with Crippen LogP contribution >= 0.6 is 0 Å². The summed E-state index contributed by atoms with van der Waals surface area (Å²) in [7, 11) is 0. The van der Waals surface area contributed by atoms with Gasteiger partial charge in [0.05, 0.1) is 18.3 Å². The Morgan fingerprint density at radius 1 is 0.408 bits per heavy atom. The number of benzene rings is 5. The number of ether oxygens (including phenoxy) is 1. The van der Waals surface area contributed by atoms with E-state index in [0.29, 0.717) is 0 Å². The van der Waals surface area contributed by atoms with Crippen molar-refractivity contribution in [1.29, 1.82) is 0 Å². The van der Waals surface area contributed by atoms with Crippen LogP contribution < -0.4 is 5.46 Å². The van der Waals surface area contributed by atoms with E-state index in [-0.39, 0.29) is 31.1 Å². The molecule has 8 rings (SSSR count). The molecular formula is C46H45BO2. The van der Waals surface area contributed by atoms with Gasteiger partial charge in [-0.25, -0.2) is 0 Å². The maximum Gasteiger partial charge on any atom is 0.363 e. The van der Waals surface area contributed by atoms with E-state index in [0.717, 1.165) is 25.7 Å². The molecule has 1 heterocycles. The van der Waals surface area contributed by atoms with Crippen molar-refractivity contribution in [2.24, 2.45) is 5.92 Å². The minimum absolute atomic E-state index is 0.00992. The van der Waals surface area contributed by atoms with Crippen molar-refractivity contribution in [2.75, 3.05) is 0 Å². The van der Waals surface area contributed by atoms with E-state index < -0.39 is 0 Å². The van der Waals surface area contributed by atoms with E-state index in [4.69, 9.17) is 9.39 Å². The lowest BCUT2D eigenvalue weighted by Gasteiger charge is -2.40. The molecule has 0 unspecified atom stereocenters. The van der Waals surface area contributed by atoms with Crippen LogP contribution in [0.25, 0.3) is 22.2 Å². The van der Waals surface area contributed by atoms with Crippen molar-refractivity contribution in [3.63, 3.8) is 0 Å². The maximum absolute atomic E-state index is 7.59. The Morgan fingerprint density at radius 2 is 0.857 bits per heavy atom. The number of allylic oxidation sites excluding steroid dienone is 2. The van der Waals surface area contributed by atoms with Gasteiger partial charge in [0.15, 0.2) is 0 Å². The Labute approximate surface area is 292 Å². The molecule has 3 heteroatoms. The summed E-state index contributed by atoms with van der Waals surface area (Å²) in [6.45, 7) is -0.302. The highest BCUT2D eigenvalue weighted by Gasteiger charge is 2.41. The van der Waals surface area contributed by atoms with E-state index in [1.54, 1.807) is 0 Å². The van der Waals surface area contributed by atoms with Crippen molar-refractivity contribution < 1.29 is 9.39 Å². The molecule has 0 spiro atoms. The topological polar surface area (TPSA) is 18.5 Å². The third-order valence-corrected chi connectivity index (χ3v) is 10.8. The van der Waals surface area contributed by atoms with Gasteiger partial charge in [-0.3, -0.25) is 0 Å². The Balaban J connectivity index is 1.57. The van der Waals surface area contributed by atoms with E-state index in [1.807, 2.05) is 0 Å². The van der Waals surface area contributed by atoms with Crippen molar-refractivity contribution >= 4 is 34.6 Å². The lowest BCUT2D eigenvalue weighted by Crippen LogP contribution is -2.46. The fourth-order valence-electron chi connectivity index (χ4n) is 8.59. The highest BCUT2D eigenvalue weighted by atomic mass is 16.5. The zero-order chi connectivity index (χ0) is 32.8. The minimum Gasteiger partial charge on any atom is -0.421 e. The van der Waals surface area contributed by atoms with Crippen LogP contribution in [-0.4, -0.2) is 25.2 Å². The van der Waals surface area contributed by atoms with E-state index in [1.165, 1.54) is 75.6 Å². The average Bonchev–Trinajstić information content (AvgIpc) is 3.20. The SMILES string of the molecule is c1ccc(B2O[C@H]3CCCC[C@@H]3O[C@@H]3CCCC[C@H]3/C(c3ccccc3)=C(c3ccccc3)/C(c3ccccc3)=C\2c2ccccc2)cc1. The van der Waals surface area contributed by atoms with E-state index in [9.17, 15) is 0 Å². The molecule has 0 aromatic heterocycles. The van der Waals surface area contributed by atoms with E-state index in [2.05, 4.69) is 152 Å². The largest absolute Gasteiger partial charge is 0.421 e. The van der Waals surface area contributed by atoms with Gasteiger partial charge in [0, 0.05) is 5.92 Å². The van der Waals surface area contributed by atoms with Gasteiger partial charge in [0.25, 0.3) is 0 Å². The molecule has 49 heavy (non-hydrogen) atoms. The Hall–Kier alpha value is -4.44. The molecule has 0 bridgehead atoms. The molecule has 2 aliphatic carbocycles. The number of hydrogen-bond acceptors (Lipinski definition) is 2. The summed E-state index contributed by atoms with van der Waals surface area (Å²) in [6.07, 6.45) is 9.19. The van der Waals surface area contributed by atoms with Crippen LogP contribution in [-0.2, 0) is 9.39 Å². The van der Waals surface area contributed by atoms with E-state index >= 15 is 0 Å². The van der Waals surface area contributed by atoms with Gasteiger partial charge >= 0.3 is 6.92 Å². The third-order valence-electron chi connectivity index (χ3n) is 10.8. The second-order valence-corrected chi connectivity index (χ2v) is 13.9. The van der Waals surface area contributed by atoms with Crippen LogP contribution in [0.4, 0.5) is 0 Å². The number of fused-ring (bicyclic) bond motifs is 2. The predicted molar refractivity (Wildman–Crippen MR) is 205 cm³/mol. The zero-order valence-electron chi connectivity index (χ0n) is 28.3. The normalized spacial score (nSPS) is 26.2. The predicted octanol–water partition coefficient (Wildman–Crippen LogP) is 10.6. The van der Waals surface area contributed by atoms with Gasteiger partial charge in [0.2, 0.25) is 0 Å². The molecule has 5 aromatic rings. The average molecular weight is 641 g/mol. The summed E-state index contributed by atoms with van der Waals surface area (Å²) in [5, 5.41) is 0. The van der Waals surface area contributed by atoms with Crippen LogP contribution in [0.15, 0.2) is 152 Å². The van der Waals surface area contributed by atoms with Crippen LogP contribution in [0.3, 0.4) is 0 Å². The molecule has 3 aliphatic rings. The molecule has 0 saturated heterocycles. The molecule has 244 valence electrons. The van der Waals surface area contributed by atoms with Crippen LogP contribution in [0.2, 0.25) is 0 Å². The fraction of sp³-hybridized carbons (Fsp3) is 0.261. The first kappa shape index (κ1) is 31.8. The standard InChI is InChI=1S/C46H45BO2/c1-6-20-34(21-7-1)43-39-30-16-17-31-40(39)48-41-32-18-19-33-42(41)49-47(38-28-14-5-15-29-38)46(37-26-12-4-13-27-37)45(36-24-10-3-11-25-36)44(43)35-22-8-2-9-23-35/h1-15,20-29,39-42H,16-19,30-33H2/b44-43+,46-45-/t39-,40-,41+,42+/m1/s1. The molecule has 2 saturated carbocycles. The summed E-state index contributed by atoms with van der Waals surface area (Å²) in [5.74, 6) is 0.248. The van der Waals surface area contributed by atoms with Gasteiger partial charge in [-0.2, -0.15) is 0 Å². The van der Waals surface area contributed by atoms with Crippen LogP contribution in [0, 0.1) is 5.92 Å². The second-order valence-electron chi connectivity index (χ2n) is 13.9. The Morgan fingerprint density at radius 3 is 1.45 bits per heavy atom. The smallest absolute Gasteiger partial charge is 0.363 e. The molecule has 0 radical (unpaired) electrons. The molecule has 5 aromatic carbocycles. The Bertz CT molecular complexity index is 1870. The fourth-order valence-corrected chi connectivity index (χ4v) is 8.59. The third kappa shape index (κ3) is 6.75. The first-order valence-corrected chi connectivity index (χ1v) is 18.4. The maximum atomic E-state index is 7.59. The monoisotopic (exact) mass is 640 g/mol. The van der Waals surface area contributed by atoms with Crippen molar-refractivity contribution in [3.8, 4) is 0 Å². The first-order valence-electron chi connectivity index (χ1n) is 18.4. The van der Waals surface area contributed by atoms with Crippen molar-refractivity contribution in [1.82, 2.24) is 0 Å². The van der Waals surface area contributed by atoms with Crippen LogP contribution in [0.1, 0.15) is 73.6 Å². The number of hydrogen-bond donors (Lipinski definition) is 0. The zero-order valence-corrected chi connectivity index (χ0v) is 28.3. The van der Waals surface area contributed by atoms with Gasteiger partial charge in [-0.1, -0.05) is 177 Å². The molecule has 0 amide bonds. The summed E-state index contributed by atoms with van der Waals surface area (Å²) >= 11 is 0. The summed E-state index contributed by atoms with van der Waals surface area (Å²) in [6, 6.07) is 55.3. The van der Waals surface area contributed by atoms with Gasteiger partial charge < -0.3 is 9.39 Å². The Kier molecular flexibility index (Phi) is 9.73. The second kappa shape index (κ2) is 15.0. The molecule has 4 atom stereocenters. The lowest BCUT2D eigenvalue weighted by atomic mass is 9.50.